The number of pyridine rings is 1. The molecule has 3 heterocycles. The van der Waals surface area contributed by atoms with Crippen LogP contribution in [0.25, 0.3) is 21.8 Å². The molecule has 0 amide bonds. The molecule has 132 valence electrons. The average Bonchev–Trinajstić information content (AvgIpc) is 2.97. The van der Waals surface area contributed by atoms with Gasteiger partial charge in [-0.1, -0.05) is 0 Å². The molecule has 25 heavy (non-hydrogen) atoms. The van der Waals surface area contributed by atoms with Crippen LogP contribution >= 0.6 is 0 Å². The number of hydrogen-bond donors (Lipinski definition) is 0. The zero-order valence-corrected chi connectivity index (χ0v) is 15.2. The van der Waals surface area contributed by atoms with Gasteiger partial charge in [0, 0.05) is 48.7 Å². The van der Waals surface area contributed by atoms with Crippen molar-refractivity contribution in [2.75, 3.05) is 33.4 Å². The standard InChI is InChI=1S/C20H25N3O2/c1-14(22-8-10-25-11-9-22)13-23-19-12-16(24-3)4-5-17(19)18-6-7-21-15(2)20(18)23/h4-7,12,14H,8-11,13H2,1-3H3. The summed E-state index contributed by atoms with van der Waals surface area (Å²) in [5.74, 6) is 0.890. The first-order valence-corrected chi connectivity index (χ1v) is 8.92. The number of aryl methyl sites for hydroxylation is 1. The number of ether oxygens (including phenoxy) is 2. The quantitative estimate of drug-likeness (QED) is 0.732. The minimum absolute atomic E-state index is 0.438. The Kier molecular flexibility index (Phi) is 4.36. The van der Waals surface area contributed by atoms with E-state index in [0.717, 1.165) is 44.3 Å². The van der Waals surface area contributed by atoms with E-state index in [1.165, 1.54) is 21.8 Å². The Bertz CT molecular complexity index is 897. The molecule has 5 heteroatoms. The zero-order valence-electron chi connectivity index (χ0n) is 15.2. The van der Waals surface area contributed by atoms with Crippen LogP contribution in [0, 0.1) is 6.92 Å². The summed E-state index contributed by atoms with van der Waals surface area (Å²) in [5, 5.41) is 2.52. The van der Waals surface area contributed by atoms with Gasteiger partial charge >= 0.3 is 0 Å². The van der Waals surface area contributed by atoms with Crippen LogP contribution < -0.4 is 4.74 Å². The highest BCUT2D eigenvalue weighted by Gasteiger charge is 2.20. The van der Waals surface area contributed by atoms with Gasteiger partial charge < -0.3 is 14.0 Å². The van der Waals surface area contributed by atoms with Gasteiger partial charge in [0.15, 0.2) is 0 Å². The van der Waals surface area contributed by atoms with Crippen LogP contribution in [0.4, 0.5) is 0 Å². The molecule has 2 aromatic heterocycles. The van der Waals surface area contributed by atoms with Crippen molar-refractivity contribution in [3.05, 3.63) is 36.2 Å². The molecule has 1 saturated heterocycles. The summed E-state index contributed by atoms with van der Waals surface area (Å²) in [5.41, 5.74) is 3.51. The first-order valence-electron chi connectivity index (χ1n) is 8.92. The lowest BCUT2D eigenvalue weighted by Gasteiger charge is -2.32. The SMILES string of the molecule is COc1ccc2c3ccnc(C)c3n(CC(C)N3CCOCC3)c2c1. The third-order valence-corrected chi connectivity index (χ3v) is 5.28. The number of fused-ring (bicyclic) bond motifs is 3. The predicted octanol–water partition coefficient (Wildman–Crippen LogP) is 3.23. The molecule has 0 spiro atoms. The summed E-state index contributed by atoms with van der Waals surface area (Å²) in [6, 6.07) is 8.89. The minimum Gasteiger partial charge on any atom is -0.497 e. The zero-order chi connectivity index (χ0) is 17.4. The average molecular weight is 339 g/mol. The Morgan fingerprint density at radius 3 is 2.76 bits per heavy atom. The van der Waals surface area contributed by atoms with E-state index in [0.29, 0.717) is 6.04 Å². The van der Waals surface area contributed by atoms with Crippen molar-refractivity contribution >= 4 is 21.8 Å². The second kappa shape index (κ2) is 6.65. The molecule has 0 aliphatic carbocycles. The summed E-state index contributed by atoms with van der Waals surface area (Å²) in [4.78, 5) is 7.05. The Morgan fingerprint density at radius 2 is 2.00 bits per heavy atom. The van der Waals surface area contributed by atoms with Crippen LogP contribution in [0.3, 0.4) is 0 Å². The van der Waals surface area contributed by atoms with Gasteiger partial charge in [-0.25, -0.2) is 0 Å². The topological polar surface area (TPSA) is 39.5 Å². The predicted molar refractivity (Wildman–Crippen MR) is 100 cm³/mol. The van der Waals surface area contributed by atoms with Crippen molar-refractivity contribution in [2.45, 2.75) is 26.4 Å². The van der Waals surface area contributed by atoms with Crippen molar-refractivity contribution in [1.29, 1.82) is 0 Å². The highest BCUT2D eigenvalue weighted by molar-refractivity contribution is 6.09. The van der Waals surface area contributed by atoms with Crippen LogP contribution in [-0.2, 0) is 11.3 Å². The number of morpholine rings is 1. The fourth-order valence-electron chi connectivity index (χ4n) is 3.91. The van der Waals surface area contributed by atoms with E-state index in [-0.39, 0.29) is 0 Å². The van der Waals surface area contributed by atoms with E-state index in [1.807, 2.05) is 12.3 Å². The van der Waals surface area contributed by atoms with Crippen LogP contribution in [0.5, 0.6) is 5.75 Å². The number of benzene rings is 1. The van der Waals surface area contributed by atoms with Crippen LogP contribution in [0.15, 0.2) is 30.5 Å². The Balaban J connectivity index is 1.84. The van der Waals surface area contributed by atoms with E-state index in [1.54, 1.807) is 7.11 Å². The van der Waals surface area contributed by atoms with Gasteiger partial charge in [0.2, 0.25) is 0 Å². The fourth-order valence-corrected chi connectivity index (χ4v) is 3.91. The molecule has 1 atom stereocenters. The molecular weight excluding hydrogens is 314 g/mol. The van der Waals surface area contributed by atoms with E-state index in [4.69, 9.17) is 9.47 Å². The lowest BCUT2D eigenvalue weighted by Crippen LogP contribution is -2.43. The van der Waals surface area contributed by atoms with Crippen molar-refractivity contribution in [1.82, 2.24) is 14.5 Å². The summed E-state index contributed by atoms with van der Waals surface area (Å²) in [7, 11) is 1.72. The van der Waals surface area contributed by atoms with Gasteiger partial charge in [-0.3, -0.25) is 9.88 Å². The van der Waals surface area contributed by atoms with Gasteiger partial charge in [-0.05, 0) is 32.0 Å². The molecule has 1 aliphatic heterocycles. The summed E-state index contributed by atoms with van der Waals surface area (Å²) < 4.78 is 13.4. The van der Waals surface area contributed by atoms with E-state index in [2.05, 4.69) is 46.5 Å². The molecule has 3 aromatic rings. The molecule has 4 rings (SSSR count). The molecule has 1 aromatic carbocycles. The van der Waals surface area contributed by atoms with E-state index >= 15 is 0 Å². The monoisotopic (exact) mass is 339 g/mol. The van der Waals surface area contributed by atoms with Gasteiger partial charge in [0.1, 0.15) is 5.75 Å². The highest BCUT2D eigenvalue weighted by Crippen LogP contribution is 2.33. The highest BCUT2D eigenvalue weighted by atomic mass is 16.5. The Hall–Kier alpha value is -2.11. The smallest absolute Gasteiger partial charge is 0.120 e. The maximum absolute atomic E-state index is 5.50. The fraction of sp³-hybridized carbons (Fsp3) is 0.450. The van der Waals surface area contributed by atoms with E-state index in [9.17, 15) is 0 Å². The molecule has 0 bridgehead atoms. The van der Waals surface area contributed by atoms with Gasteiger partial charge in [-0.2, -0.15) is 0 Å². The third kappa shape index (κ3) is 2.87. The summed E-state index contributed by atoms with van der Waals surface area (Å²) >= 11 is 0. The second-order valence-corrected chi connectivity index (χ2v) is 6.78. The van der Waals surface area contributed by atoms with Crippen LogP contribution in [0.2, 0.25) is 0 Å². The first kappa shape index (κ1) is 16.4. The molecule has 1 unspecified atom stereocenters. The van der Waals surface area contributed by atoms with E-state index < -0.39 is 0 Å². The van der Waals surface area contributed by atoms with Gasteiger partial charge in [-0.15, -0.1) is 0 Å². The largest absolute Gasteiger partial charge is 0.497 e. The Labute approximate surface area is 148 Å². The van der Waals surface area contributed by atoms with Crippen molar-refractivity contribution in [3.8, 4) is 5.75 Å². The van der Waals surface area contributed by atoms with Crippen LogP contribution in [0.1, 0.15) is 12.6 Å². The lowest BCUT2D eigenvalue weighted by molar-refractivity contribution is 0.0174. The number of methoxy groups -OCH3 is 1. The Morgan fingerprint density at radius 1 is 1.20 bits per heavy atom. The van der Waals surface area contributed by atoms with Gasteiger partial charge in [0.25, 0.3) is 0 Å². The molecule has 5 nitrogen and oxygen atoms in total. The molecule has 0 radical (unpaired) electrons. The number of hydrogen-bond acceptors (Lipinski definition) is 4. The molecule has 0 N–H and O–H groups in total. The lowest BCUT2D eigenvalue weighted by atomic mass is 10.1. The first-order chi connectivity index (χ1) is 12.2. The second-order valence-electron chi connectivity index (χ2n) is 6.78. The number of aromatic nitrogens is 2. The molecule has 1 aliphatic rings. The number of nitrogens with zero attached hydrogens (tertiary/aromatic N) is 3. The van der Waals surface area contributed by atoms with Crippen molar-refractivity contribution in [2.24, 2.45) is 0 Å². The third-order valence-electron chi connectivity index (χ3n) is 5.28. The van der Waals surface area contributed by atoms with Crippen molar-refractivity contribution in [3.63, 3.8) is 0 Å². The van der Waals surface area contributed by atoms with Crippen molar-refractivity contribution < 1.29 is 9.47 Å². The maximum Gasteiger partial charge on any atom is 0.120 e. The maximum atomic E-state index is 5.50. The van der Waals surface area contributed by atoms with Crippen LogP contribution in [-0.4, -0.2) is 53.9 Å². The molecule has 1 fully saturated rings. The minimum atomic E-state index is 0.438. The normalized spacial score (nSPS) is 17.2. The summed E-state index contributed by atoms with van der Waals surface area (Å²) in [6.45, 7) is 8.97. The molecular formula is C20H25N3O2. The molecule has 0 saturated carbocycles. The summed E-state index contributed by atoms with van der Waals surface area (Å²) in [6.07, 6.45) is 1.90. The number of rotatable bonds is 4. The van der Waals surface area contributed by atoms with Gasteiger partial charge in [0.05, 0.1) is 37.1 Å².